The number of nitrogens with one attached hydrogen (secondary N) is 2. The average Bonchev–Trinajstić information content (AvgIpc) is 2.53. The first kappa shape index (κ1) is 18.3. The van der Waals surface area contributed by atoms with Crippen molar-refractivity contribution in [1.82, 2.24) is 5.32 Å². The molecular weight excluding hydrogens is 348 g/mol. The van der Waals surface area contributed by atoms with Crippen molar-refractivity contribution >= 4 is 33.2 Å². The Hall–Kier alpha value is -2.05. The maximum atomic E-state index is 11.9. The standard InChI is InChI=1S/C17H19ClN2O3S/c18-15-6-4-5-14(13-15)9-10-17(21)19-11-12-24(22,23)20-16-7-2-1-3-8-16/h1-8,13,20H,9-12H2,(H,19,21). The van der Waals surface area contributed by atoms with Crippen LogP contribution in [0.5, 0.6) is 0 Å². The number of anilines is 1. The van der Waals surface area contributed by atoms with E-state index in [0.29, 0.717) is 17.1 Å². The molecule has 0 unspecified atom stereocenters. The minimum atomic E-state index is -3.49. The molecule has 0 radical (unpaired) electrons. The summed E-state index contributed by atoms with van der Waals surface area (Å²) in [6.45, 7) is 0.0660. The summed E-state index contributed by atoms with van der Waals surface area (Å²) in [6.07, 6.45) is 0.841. The highest BCUT2D eigenvalue weighted by Crippen LogP contribution is 2.12. The molecule has 1 amide bonds. The maximum Gasteiger partial charge on any atom is 0.234 e. The van der Waals surface area contributed by atoms with Gasteiger partial charge in [-0.05, 0) is 36.2 Å². The summed E-state index contributed by atoms with van der Waals surface area (Å²) in [6, 6.07) is 15.9. The Morgan fingerprint density at radius 1 is 1.04 bits per heavy atom. The molecule has 0 aliphatic heterocycles. The third-order valence-corrected chi connectivity index (χ3v) is 4.79. The molecule has 0 fully saturated rings. The molecule has 0 saturated heterocycles. The Bertz CT molecular complexity index is 779. The molecule has 2 aromatic rings. The lowest BCUT2D eigenvalue weighted by atomic mass is 10.1. The number of rotatable bonds is 8. The van der Waals surface area contributed by atoms with Gasteiger partial charge in [-0.3, -0.25) is 9.52 Å². The first-order chi connectivity index (χ1) is 11.4. The van der Waals surface area contributed by atoms with E-state index in [1.807, 2.05) is 18.2 Å². The summed E-state index contributed by atoms with van der Waals surface area (Å²) in [5, 5.41) is 3.25. The first-order valence-corrected chi connectivity index (χ1v) is 9.54. The van der Waals surface area contributed by atoms with Crippen molar-refractivity contribution < 1.29 is 13.2 Å². The zero-order chi connectivity index (χ0) is 17.4. The van der Waals surface area contributed by atoms with Crippen molar-refractivity contribution in [2.75, 3.05) is 17.0 Å². The Morgan fingerprint density at radius 3 is 2.50 bits per heavy atom. The van der Waals surface area contributed by atoms with Crippen LogP contribution in [0.2, 0.25) is 5.02 Å². The van der Waals surface area contributed by atoms with Gasteiger partial charge in [-0.25, -0.2) is 8.42 Å². The molecule has 0 aliphatic rings. The number of aryl methyl sites for hydroxylation is 1. The average molecular weight is 367 g/mol. The van der Waals surface area contributed by atoms with Gasteiger partial charge in [0.15, 0.2) is 0 Å². The molecule has 0 bridgehead atoms. The molecule has 0 saturated carbocycles. The van der Waals surface area contributed by atoms with Crippen LogP contribution >= 0.6 is 11.6 Å². The molecule has 0 heterocycles. The number of halogens is 1. The van der Waals surface area contributed by atoms with E-state index >= 15 is 0 Å². The minimum absolute atomic E-state index is 0.0660. The van der Waals surface area contributed by atoms with Crippen LogP contribution in [0.4, 0.5) is 5.69 Å². The van der Waals surface area contributed by atoms with Crippen molar-refractivity contribution in [3.8, 4) is 0 Å². The molecule has 2 aromatic carbocycles. The molecule has 5 nitrogen and oxygen atoms in total. The lowest BCUT2D eigenvalue weighted by Gasteiger charge is -2.09. The van der Waals surface area contributed by atoms with Crippen LogP contribution in [0.1, 0.15) is 12.0 Å². The molecule has 24 heavy (non-hydrogen) atoms. The van der Waals surface area contributed by atoms with Crippen LogP contribution in [-0.4, -0.2) is 26.6 Å². The molecule has 0 aliphatic carbocycles. The minimum Gasteiger partial charge on any atom is -0.355 e. The van der Waals surface area contributed by atoms with E-state index < -0.39 is 10.0 Å². The predicted octanol–water partition coefficient (Wildman–Crippen LogP) is 2.83. The van der Waals surface area contributed by atoms with Crippen LogP contribution in [0, 0.1) is 0 Å². The molecule has 0 aromatic heterocycles. The molecule has 7 heteroatoms. The number of hydrogen-bond acceptors (Lipinski definition) is 3. The fraction of sp³-hybridized carbons (Fsp3) is 0.235. The fourth-order valence-electron chi connectivity index (χ4n) is 2.10. The zero-order valence-electron chi connectivity index (χ0n) is 13.0. The highest BCUT2D eigenvalue weighted by Gasteiger charge is 2.11. The van der Waals surface area contributed by atoms with Gasteiger partial charge < -0.3 is 5.32 Å². The Labute approximate surface area is 147 Å². The van der Waals surface area contributed by atoms with Crippen molar-refractivity contribution in [1.29, 1.82) is 0 Å². The van der Waals surface area contributed by atoms with E-state index in [1.54, 1.807) is 36.4 Å². The van der Waals surface area contributed by atoms with Crippen molar-refractivity contribution in [3.05, 3.63) is 65.2 Å². The number of carbonyl (C=O) groups is 1. The monoisotopic (exact) mass is 366 g/mol. The van der Waals surface area contributed by atoms with E-state index in [9.17, 15) is 13.2 Å². The van der Waals surface area contributed by atoms with E-state index in [-0.39, 0.29) is 24.6 Å². The molecule has 128 valence electrons. The quantitative estimate of drug-likeness (QED) is 0.754. The van der Waals surface area contributed by atoms with Crippen LogP contribution < -0.4 is 10.0 Å². The molecular formula is C17H19ClN2O3S. The van der Waals surface area contributed by atoms with Gasteiger partial charge in [-0.2, -0.15) is 0 Å². The zero-order valence-corrected chi connectivity index (χ0v) is 14.6. The Kier molecular flexibility index (Phi) is 6.63. The van der Waals surface area contributed by atoms with Gasteiger partial charge in [0.25, 0.3) is 0 Å². The molecule has 2 N–H and O–H groups in total. The largest absolute Gasteiger partial charge is 0.355 e. The van der Waals surface area contributed by atoms with Gasteiger partial charge in [-0.1, -0.05) is 41.9 Å². The smallest absolute Gasteiger partial charge is 0.234 e. The summed E-state index contributed by atoms with van der Waals surface area (Å²) >= 11 is 5.89. The van der Waals surface area contributed by atoms with E-state index in [0.717, 1.165) is 5.56 Å². The summed E-state index contributed by atoms with van der Waals surface area (Å²) < 4.78 is 26.3. The number of sulfonamides is 1. The Balaban J connectivity index is 1.72. The molecule has 0 spiro atoms. The van der Waals surface area contributed by atoms with Crippen molar-refractivity contribution in [2.45, 2.75) is 12.8 Å². The van der Waals surface area contributed by atoms with Gasteiger partial charge in [0.1, 0.15) is 0 Å². The topological polar surface area (TPSA) is 75.3 Å². The van der Waals surface area contributed by atoms with Gasteiger partial charge >= 0.3 is 0 Å². The maximum absolute atomic E-state index is 11.9. The second kappa shape index (κ2) is 8.70. The lowest BCUT2D eigenvalue weighted by molar-refractivity contribution is -0.120. The van der Waals surface area contributed by atoms with Gasteiger partial charge in [0.05, 0.1) is 5.75 Å². The van der Waals surface area contributed by atoms with Gasteiger partial charge in [0.2, 0.25) is 15.9 Å². The normalized spacial score (nSPS) is 11.0. The SMILES string of the molecule is O=C(CCc1cccc(Cl)c1)NCCS(=O)(=O)Nc1ccccc1. The van der Waals surface area contributed by atoms with Crippen LogP contribution in [-0.2, 0) is 21.2 Å². The number of benzene rings is 2. The third-order valence-electron chi connectivity index (χ3n) is 3.27. The summed E-state index contributed by atoms with van der Waals surface area (Å²) in [5.41, 5.74) is 1.47. The second-order valence-corrected chi connectivity index (χ2v) is 7.55. The lowest BCUT2D eigenvalue weighted by Crippen LogP contribution is -2.31. The number of amides is 1. The summed E-state index contributed by atoms with van der Waals surface area (Å²) in [7, 11) is -3.49. The number of carbonyl (C=O) groups excluding carboxylic acids is 1. The van der Waals surface area contributed by atoms with E-state index in [2.05, 4.69) is 10.0 Å². The first-order valence-electron chi connectivity index (χ1n) is 7.51. The van der Waals surface area contributed by atoms with E-state index in [1.165, 1.54) is 0 Å². The highest BCUT2D eigenvalue weighted by molar-refractivity contribution is 7.92. The van der Waals surface area contributed by atoms with Crippen LogP contribution in [0.25, 0.3) is 0 Å². The van der Waals surface area contributed by atoms with Crippen LogP contribution in [0.15, 0.2) is 54.6 Å². The summed E-state index contributed by atoms with van der Waals surface area (Å²) in [4.78, 5) is 11.8. The fourth-order valence-corrected chi connectivity index (χ4v) is 3.28. The summed E-state index contributed by atoms with van der Waals surface area (Å²) in [5.74, 6) is -0.366. The van der Waals surface area contributed by atoms with Crippen LogP contribution in [0.3, 0.4) is 0 Å². The number of para-hydroxylation sites is 1. The second-order valence-electron chi connectivity index (χ2n) is 5.27. The van der Waals surface area contributed by atoms with Gasteiger partial charge in [-0.15, -0.1) is 0 Å². The van der Waals surface area contributed by atoms with Crippen molar-refractivity contribution in [3.63, 3.8) is 0 Å². The Morgan fingerprint density at radius 2 is 1.79 bits per heavy atom. The molecule has 0 atom stereocenters. The van der Waals surface area contributed by atoms with Crippen molar-refractivity contribution in [2.24, 2.45) is 0 Å². The predicted molar refractivity (Wildman–Crippen MR) is 96.6 cm³/mol. The van der Waals surface area contributed by atoms with E-state index in [4.69, 9.17) is 11.6 Å². The third kappa shape index (κ3) is 6.60. The van der Waals surface area contributed by atoms with Gasteiger partial charge in [0, 0.05) is 23.7 Å². The highest BCUT2D eigenvalue weighted by atomic mass is 35.5. The number of hydrogen-bond donors (Lipinski definition) is 2. The molecule has 2 rings (SSSR count).